The van der Waals surface area contributed by atoms with Gasteiger partial charge in [-0.25, -0.2) is 0 Å². The van der Waals surface area contributed by atoms with Crippen molar-refractivity contribution in [3.8, 4) is 0 Å². The molecule has 0 unspecified atom stereocenters. The number of para-hydroxylation sites is 1. The Balaban J connectivity index is 1.57. The van der Waals surface area contributed by atoms with Crippen LogP contribution in [0, 0.1) is 17.3 Å². The van der Waals surface area contributed by atoms with Crippen LogP contribution in [0.1, 0.15) is 51.2 Å². The number of rotatable bonds is 3. The van der Waals surface area contributed by atoms with Crippen LogP contribution in [-0.2, 0) is 21.7 Å². The highest BCUT2D eigenvalue weighted by Crippen LogP contribution is 2.51. The predicted octanol–water partition coefficient (Wildman–Crippen LogP) is 5.61. The molecule has 0 radical (unpaired) electrons. The van der Waals surface area contributed by atoms with Crippen molar-refractivity contribution in [2.75, 3.05) is 4.90 Å². The molecule has 1 heterocycles. The summed E-state index contributed by atoms with van der Waals surface area (Å²) >= 11 is 0. The number of carbonyl (C=O) groups excluding carboxylic acids is 2. The number of fused-ring (bicyclic) bond motifs is 2. The Morgan fingerprint density at radius 1 is 0.970 bits per heavy atom. The summed E-state index contributed by atoms with van der Waals surface area (Å²) in [6.45, 7) is 6.87. The Hall–Kier alpha value is -2.98. The number of hydrogen-bond acceptors (Lipinski definition) is 3. The molecule has 1 aliphatic carbocycles. The SMILES string of the molecule is CC(C)(C)[C@@H]1CCC(=O)[C@H]([C@@]2(O)C(=O)N(Cc3cccc4ccccc34)c3ccccc32)C1. The summed E-state index contributed by atoms with van der Waals surface area (Å²) < 4.78 is 0. The number of benzene rings is 3. The summed E-state index contributed by atoms with van der Waals surface area (Å²) in [4.78, 5) is 28.7. The molecule has 33 heavy (non-hydrogen) atoms. The van der Waals surface area contributed by atoms with Crippen LogP contribution in [0.3, 0.4) is 0 Å². The molecule has 4 nitrogen and oxygen atoms in total. The molecule has 1 amide bonds. The highest BCUT2D eigenvalue weighted by atomic mass is 16.3. The van der Waals surface area contributed by atoms with Crippen LogP contribution in [0.25, 0.3) is 10.8 Å². The fourth-order valence-electron chi connectivity index (χ4n) is 5.77. The lowest BCUT2D eigenvalue weighted by Gasteiger charge is -2.41. The van der Waals surface area contributed by atoms with E-state index < -0.39 is 11.5 Å². The van der Waals surface area contributed by atoms with Gasteiger partial charge in [-0.3, -0.25) is 9.59 Å². The number of anilines is 1. The molecule has 2 aliphatic rings. The van der Waals surface area contributed by atoms with Gasteiger partial charge in [0.25, 0.3) is 5.91 Å². The third kappa shape index (κ3) is 3.48. The van der Waals surface area contributed by atoms with Gasteiger partial charge in [-0.2, -0.15) is 0 Å². The molecule has 1 fully saturated rings. The number of hydrogen-bond donors (Lipinski definition) is 1. The first-order valence-corrected chi connectivity index (χ1v) is 11.8. The van der Waals surface area contributed by atoms with E-state index >= 15 is 0 Å². The first-order chi connectivity index (χ1) is 15.7. The number of Topliss-reactive ketones (excluding diaryl/α,β-unsaturated/α-hetero) is 1. The highest BCUT2D eigenvalue weighted by molar-refractivity contribution is 6.09. The average molecular weight is 442 g/mol. The van der Waals surface area contributed by atoms with Crippen LogP contribution < -0.4 is 4.90 Å². The maximum atomic E-state index is 13.9. The van der Waals surface area contributed by atoms with Gasteiger partial charge in [0.05, 0.1) is 18.2 Å². The Bertz CT molecular complexity index is 1240. The van der Waals surface area contributed by atoms with Crippen LogP contribution in [0.4, 0.5) is 5.69 Å². The van der Waals surface area contributed by atoms with Gasteiger partial charge in [0.15, 0.2) is 5.60 Å². The maximum Gasteiger partial charge on any atom is 0.264 e. The van der Waals surface area contributed by atoms with Crippen LogP contribution in [0.2, 0.25) is 0 Å². The van der Waals surface area contributed by atoms with Gasteiger partial charge < -0.3 is 10.0 Å². The molecule has 0 spiro atoms. The third-order valence-corrected chi connectivity index (χ3v) is 7.76. The zero-order chi connectivity index (χ0) is 23.4. The van der Waals surface area contributed by atoms with Crippen molar-refractivity contribution in [3.05, 3.63) is 77.9 Å². The van der Waals surface area contributed by atoms with Crippen molar-refractivity contribution in [1.29, 1.82) is 0 Å². The van der Waals surface area contributed by atoms with Crippen LogP contribution in [0.5, 0.6) is 0 Å². The molecular weight excluding hydrogens is 410 g/mol. The van der Waals surface area contributed by atoms with Gasteiger partial charge in [-0.1, -0.05) is 81.4 Å². The van der Waals surface area contributed by atoms with Crippen molar-refractivity contribution in [3.63, 3.8) is 0 Å². The average Bonchev–Trinajstić information content (AvgIpc) is 3.01. The van der Waals surface area contributed by atoms with Crippen LogP contribution in [0.15, 0.2) is 66.7 Å². The van der Waals surface area contributed by atoms with Crippen molar-refractivity contribution in [2.24, 2.45) is 17.3 Å². The second-order valence-electron chi connectivity index (χ2n) is 10.7. The minimum Gasteiger partial charge on any atom is -0.375 e. The fourth-order valence-corrected chi connectivity index (χ4v) is 5.77. The van der Waals surface area contributed by atoms with Crippen LogP contribution in [-0.4, -0.2) is 16.8 Å². The highest BCUT2D eigenvalue weighted by Gasteiger charge is 2.58. The lowest BCUT2D eigenvalue weighted by Crippen LogP contribution is -2.51. The Labute approximate surface area is 195 Å². The predicted molar refractivity (Wildman–Crippen MR) is 131 cm³/mol. The molecule has 5 rings (SSSR count). The third-order valence-electron chi connectivity index (χ3n) is 7.76. The Kier molecular flexibility index (Phi) is 5.17. The van der Waals surface area contributed by atoms with Crippen molar-refractivity contribution in [2.45, 2.75) is 52.2 Å². The summed E-state index contributed by atoms with van der Waals surface area (Å²) in [6.07, 6.45) is 1.75. The van der Waals surface area contributed by atoms with Crippen LogP contribution >= 0.6 is 0 Å². The van der Waals surface area contributed by atoms with Gasteiger partial charge in [0, 0.05) is 12.0 Å². The summed E-state index contributed by atoms with van der Waals surface area (Å²) in [6, 6.07) is 21.6. The van der Waals surface area contributed by atoms with Gasteiger partial charge in [0.2, 0.25) is 0 Å². The molecule has 3 aromatic carbocycles. The van der Waals surface area contributed by atoms with Gasteiger partial charge in [-0.05, 0) is 46.6 Å². The summed E-state index contributed by atoms with van der Waals surface area (Å²) in [5.74, 6) is -0.837. The smallest absolute Gasteiger partial charge is 0.264 e. The molecular formula is C29H31NO3. The second kappa shape index (κ2) is 7.81. The van der Waals surface area contributed by atoms with E-state index in [4.69, 9.17) is 0 Å². The summed E-state index contributed by atoms with van der Waals surface area (Å²) in [7, 11) is 0. The van der Waals surface area contributed by atoms with E-state index in [1.165, 1.54) is 0 Å². The Morgan fingerprint density at radius 2 is 1.67 bits per heavy atom. The molecule has 0 aromatic heterocycles. The lowest BCUT2D eigenvalue weighted by molar-refractivity contribution is -0.154. The monoisotopic (exact) mass is 441 g/mol. The largest absolute Gasteiger partial charge is 0.375 e. The second-order valence-corrected chi connectivity index (χ2v) is 10.7. The number of nitrogens with zero attached hydrogens (tertiary/aromatic N) is 1. The minimum absolute atomic E-state index is 0.00633. The number of carbonyl (C=O) groups is 2. The fraction of sp³-hybridized carbons (Fsp3) is 0.379. The van der Waals surface area contributed by atoms with E-state index in [0.29, 0.717) is 30.6 Å². The zero-order valence-corrected chi connectivity index (χ0v) is 19.5. The van der Waals surface area contributed by atoms with Crippen molar-refractivity contribution < 1.29 is 14.7 Å². The summed E-state index contributed by atoms with van der Waals surface area (Å²) in [5, 5.41) is 14.2. The number of ketones is 1. The van der Waals surface area contributed by atoms with E-state index in [1.54, 1.807) is 4.90 Å². The summed E-state index contributed by atoms with van der Waals surface area (Å²) in [5.41, 5.74) is 0.469. The zero-order valence-electron chi connectivity index (χ0n) is 19.5. The van der Waals surface area contributed by atoms with Crippen molar-refractivity contribution in [1.82, 2.24) is 0 Å². The van der Waals surface area contributed by atoms with E-state index in [9.17, 15) is 14.7 Å². The molecule has 1 saturated carbocycles. The Morgan fingerprint density at radius 3 is 2.45 bits per heavy atom. The normalized spacial score (nSPS) is 25.5. The van der Waals surface area contributed by atoms with Crippen molar-refractivity contribution >= 4 is 28.2 Å². The minimum atomic E-state index is -1.82. The number of aliphatic hydroxyl groups is 1. The standard InChI is InChI=1S/C29H31NO3/c1-28(2,3)21-15-16-26(31)24(17-21)29(33)23-13-6-7-14-25(23)30(27(29)32)18-20-11-8-10-19-9-4-5-12-22(19)20/h4-14,21,24,33H,15-18H2,1-3H3/t21-,24-,29-/m1/s1. The van der Waals surface area contributed by atoms with E-state index in [2.05, 4.69) is 39.0 Å². The van der Waals surface area contributed by atoms with E-state index in [0.717, 1.165) is 22.8 Å². The number of amides is 1. The molecule has 1 N–H and O–H groups in total. The van der Waals surface area contributed by atoms with E-state index in [1.807, 2.05) is 48.5 Å². The van der Waals surface area contributed by atoms with Gasteiger partial charge in [0.1, 0.15) is 5.78 Å². The van der Waals surface area contributed by atoms with Gasteiger partial charge in [-0.15, -0.1) is 0 Å². The first kappa shape index (κ1) is 21.8. The topological polar surface area (TPSA) is 57.6 Å². The maximum absolute atomic E-state index is 13.9. The molecule has 3 aromatic rings. The molecule has 0 bridgehead atoms. The molecule has 4 heteroatoms. The molecule has 0 saturated heterocycles. The molecule has 1 aliphatic heterocycles. The van der Waals surface area contributed by atoms with Gasteiger partial charge >= 0.3 is 0 Å². The quantitative estimate of drug-likeness (QED) is 0.575. The first-order valence-electron chi connectivity index (χ1n) is 11.8. The molecule has 170 valence electrons. The molecule has 3 atom stereocenters. The van der Waals surface area contributed by atoms with E-state index in [-0.39, 0.29) is 23.0 Å². The lowest BCUT2D eigenvalue weighted by atomic mass is 9.63.